The fraction of sp³-hybridized carbons (Fsp3) is 1.00. The second kappa shape index (κ2) is 3.44. The van der Waals surface area contributed by atoms with Crippen LogP contribution in [0.15, 0.2) is 0 Å². The van der Waals surface area contributed by atoms with Crippen LogP contribution in [0.1, 0.15) is 0 Å². The second-order valence-electron chi connectivity index (χ2n) is 1.49. The van der Waals surface area contributed by atoms with Crippen LogP contribution in [0.3, 0.4) is 0 Å². The van der Waals surface area contributed by atoms with Crippen LogP contribution in [0, 0.1) is 0 Å². The molecule has 0 unspecified atom stereocenters. The zero-order valence-electron chi connectivity index (χ0n) is 4.24. The first-order valence-corrected chi connectivity index (χ1v) is 2.51. The molecular weight excluding hydrogens is 99.5 g/mol. The predicted octanol–water partition coefficient (Wildman–Crippen LogP) is 0.787. The number of hydrogen-bond acceptors (Lipinski definition) is 1. The van der Waals surface area contributed by atoms with Crippen LogP contribution in [-0.2, 0) is 0 Å². The maximum Gasteiger partial charge on any atom is 0.0350 e. The summed E-state index contributed by atoms with van der Waals surface area (Å²) in [6, 6.07) is 0. The van der Waals surface area contributed by atoms with Gasteiger partial charge in [-0.1, -0.05) is 0 Å². The summed E-state index contributed by atoms with van der Waals surface area (Å²) in [6.45, 7) is 0.974. The minimum atomic E-state index is 0.729. The SMILES string of the molecule is CN(C)C[14CH2]Cl. The Morgan fingerprint density at radius 3 is 2.17 bits per heavy atom. The van der Waals surface area contributed by atoms with Crippen molar-refractivity contribution in [2.45, 2.75) is 0 Å². The number of halogens is 1. The molecule has 0 rings (SSSR count). The molecule has 0 spiro atoms. The fourth-order valence-electron chi connectivity index (χ4n) is 0.169. The van der Waals surface area contributed by atoms with E-state index in [4.69, 9.17) is 11.6 Å². The number of rotatable bonds is 2. The van der Waals surface area contributed by atoms with E-state index >= 15 is 0 Å². The van der Waals surface area contributed by atoms with Crippen LogP contribution in [0.5, 0.6) is 0 Å². The standard InChI is InChI=1S/C4H10ClN/c1-6(2)4-3-5/h3-4H2,1-2H3/i3+2. The van der Waals surface area contributed by atoms with Gasteiger partial charge in [0.15, 0.2) is 0 Å². The van der Waals surface area contributed by atoms with Crippen LogP contribution in [0.2, 0.25) is 0 Å². The summed E-state index contributed by atoms with van der Waals surface area (Å²) in [4.78, 5) is 2.05. The highest BCUT2D eigenvalue weighted by Gasteiger charge is 1.81. The highest BCUT2D eigenvalue weighted by molar-refractivity contribution is 6.18. The monoisotopic (exact) mass is 109 g/mol. The molecule has 0 bridgehead atoms. The first-order valence-electron chi connectivity index (χ1n) is 1.98. The zero-order valence-corrected chi connectivity index (χ0v) is 5.00. The van der Waals surface area contributed by atoms with E-state index < -0.39 is 0 Å². The summed E-state index contributed by atoms with van der Waals surface area (Å²) >= 11 is 5.35. The molecular formula is C4H10ClN. The first kappa shape index (κ1) is 6.25. The Labute approximate surface area is 43.9 Å². The van der Waals surface area contributed by atoms with Gasteiger partial charge in [0, 0.05) is 12.4 Å². The highest BCUT2D eigenvalue weighted by Crippen LogP contribution is 1.75. The Kier molecular flexibility index (Phi) is 3.58. The minimum absolute atomic E-state index is 0.729. The van der Waals surface area contributed by atoms with Crippen molar-refractivity contribution in [3.05, 3.63) is 0 Å². The lowest BCUT2D eigenvalue weighted by molar-refractivity contribution is 0.436. The summed E-state index contributed by atoms with van der Waals surface area (Å²) in [5, 5.41) is 0. The van der Waals surface area contributed by atoms with Crippen LogP contribution in [0.4, 0.5) is 0 Å². The van der Waals surface area contributed by atoms with Gasteiger partial charge >= 0.3 is 0 Å². The molecule has 0 heterocycles. The van der Waals surface area contributed by atoms with E-state index in [2.05, 4.69) is 0 Å². The largest absolute Gasteiger partial charge is 0.308 e. The van der Waals surface area contributed by atoms with Crippen LogP contribution < -0.4 is 0 Å². The minimum Gasteiger partial charge on any atom is -0.308 e. The molecule has 0 aromatic carbocycles. The Hall–Kier alpha value is 0.250. The van der Waals surface area contributed by atoms with Gasteiger partial charge in [-0.3, -0.25) is 0 Å². The van der Waals surface area contributed by atoms with E-state index in [1.807, 2.05) is 19.0 Å². The van der Waals surface area contributed by atoms with Crippen LogP contribution >= 0.6 is 11.6 Å². The van der Waals surface area contributed by atoms with Gasteiger partial charge in [-0.25, -0.2) is 0 Å². The maximum atomic E-state index is 5.35. The fourth-order valence-corrected chi connectivity index (χ4v) is 0.507. The van der Waals surface area contributed by atoms with E-state index in [9.17, 15) is 0 Å². The van der Waals surface area contributed by atoms with Gasteiger partial charge in [0.05, 0.1) is 0 Å². The van der Waals surface area contributed by atoms with Crippen molar-refractivity contribution in [1.29, 1.82) is 0 Å². The Morgan fingerprint density at radius 1 is 1.67 bits per heavy atom. The van der Waals surface area contributed by atoms with E-state index in [0.717, 1.165) is 12.4 Å². The van der Waals surface area contributed by atoms with Crippen molar-refractivity contribution < 1.29 is 0 Å². The third kappa shape index (κ3) is 4.25. The van der Waals surface area contributed by atoms with Crippen molar-refractivity contribution in [3.8, 4) is 0 Å². The quantitative estimate of drug-likeness (QED) is 0.474. The summed E-state index contributed by atoms with van der Waals surface area (Å²) in [6.07, 6.45) is 0. The van der Waals surface area contributed by atoms with Crippen LogP contribution in [0.25, 0.3) is 0 Å². The van der Waals surface area contributed by atoms with Gasteiger partial charge in [-0.2, -0.15) is 0 Å². The molecule has 6 heavy (non-hydrogen) atoms. The summed E-state index contributed by atoms with van der Waals surface area (Å²) < 4.78 is 0. The van der Waals surface area contributed by atoms with E-state index in [1.54, 1.807) is 0 Å². The van der Waals surface area contributed by atoms with Gasteiger partial charge in [0.25, 0.3) is 0 Å². The molecule has 0 atom stereocenters. The molecule has 0 aromatic heterocycles. The number of hydrogen-bond donors (Lipinski definition) is 0. The lowest BCUT2D eigenvalue weighted by Gasteiger charge is -2.02. The van der Waals surface area contributed by atoms with E-state index in [1.165, 1.54) is 0 Å². The smallest absolute Gasteiger partial charge is 0.0350 e. The Morgan fingerprint density at radius 2 is 2.17 bits per heavy atom. The molecule has 1 nitrogen and oxygen atoms in total. The van der Waals surface area contributed by atoms with Crippen LogP contribution in [-0.4, -0.2) is 31.4 Å². The second-order valence-corrected chi connectivity index (χ2v) is 1.87. The van der Waals surface area contributed by atoms with Crippen molar-refractivity contribution in [1.82, 2.24) is 4.90 Å². The highest BCUT2D eigenvalue weighted by atomic mass is 35.5. The number of alkyl halides is 1. The molecule has 0 saturated heterocycles. The lowest BCUT2D eigenvalue weighted by atomic mass is 10.9. The van der Waals surface area contributed by atoms with Gasteiger partial charge in [0.2, 0.25) is 0 Å². The molecule has 0 aromatic rings. The molecule has 0 amide bonds. The maximum absolute atomic E-state index is 5.35. The molecule has 2 heteroatoms. The molecule has 0 N–H and O–H groups in total. The molecule has 0 aliphatic heterocycles. The van der Waals surface area contributed by atoms with Crippen molar-refractivity contribution in [2.24, 2.45) is 0 Å². The Bertz CT molecular complexity index is 28.7. The van der Waals surface area contributed by atoms with Gasteiger partial charge in [0.1, 0.15) is 0 Å². The van der Waals surface area contributed by atoms with Crippen molar-refractivity contribution in [2.75, 3.05) is 26.5 Å². The molecule has 0 aliphatic carbocycles. The summed E-state index contributed by atoms with van der Waals surface area (Å²) in [7, 11) is 4.00. The van der Waals surface area contributed by atoms with E-state index in [0.29, 0.717) is 0 Å². The lowest BCUT2D eigenvalue weighted by Crippen LogP contribution is -2.13. The van der Waals surface area contributed by atoms with Gasteiger partial charge in [-0.05, 0) is 14.1 Å². The third-order valence-electron chi connectivity index (χ3n) is 0.532. The predicted molar refractivity (Wildman–Crippen MR) is 29.3 cm³/mol. The topological polar surface area (TPSA) is 3.24 Å². The average Bonchev–Trinajstić information content (AvgIpc) is 1.35. The first-order chi connectivity index (χ1) is 2.77. The molecule has 0 aliphatic rings. The van der Waals surface area contributed by atoms with Crippen molar-refractivity contribution in [3.63, 3.8) is 0 Å². The summed E-state index contributed by atoms with van der Waals surface area (Å²) in [5.41, 5.74) is 0. The molecule has 38 valence electrons. The summed E-state index contributed by atoms with van der Waals surface area (Å²) in [5.74, 6) is 0.729. The molecule has 0 saturated carbocycles. The van der Waals surface area contributed by atoms with Gasteiger partial charge in [-0.15, -0.1) is 11.6 Å². The normalized spacial score (nSPS) is 10.0. The van der Waals surface area contributed by atoms with Crippen molar-refractivity contribution >= 4 is 11.6 Å². The zero-order chi connectivity index (χ0) is 4.99. The van der Waals surface area contributed by atoms with Gasteiger partial charge < -0.3 is 4.90 Å². The molecule has 0 radical (unpaired) electrons. The number of nitrogens with zero attached hydrogens (tertiary/aromatic N) is 1. The average molecular weight is 110 g/mol. The molecule has 0 fully saturated rings. The Balaban J connectivity index is 2.63. The third-order valence-corrected chi connectivity index (χ3v) is 0.701. The van der Waals surface area contributed by atoms with E-state index in [-0.39, 0.29) is 0 Å².